The zero-order valence-corrected chi connectivity index (χ0v) is 22.3. The predicted molar refractivity (Wildman–Crippen MR) is 142 cm³/mol. The van der Waals surface area contributed by atoms with Crippen LogP contribution in [-0.2, 0) is 14.8 Å². The third-order valence-electron chi connectivity index (χ3n) is 5.10. The molecule has 36 heavy (non-hydrogen) atoms. The zero-order valence-electron chi connectivity index (χ0n) is 19.9. The fraction of sp³-hybridized carbons (Fsp3) is 0.391. The number of ether oxygens (including phenoxy) is 2. The van der Waals surface area contributed by atoms with Crippen molar-refractivity contribution < 1.29 is 32.6 Å². The molecule has 4 N–H and O–H groups in total. The molecule has 196 valence electrons. The lowest BCUT2D eigenvalue weighted by Gasteiger charge is -2.22. The van der Waals surface area contributed by atoms with E-state index in [9.17, 15) is 23.1 Å². The number of nitrogens with one attached hydrogen (secondary N) is 3. The largest absolute Gasteiger partial charge is 0.481 e. The Labute approximate surface area is 218 Å². The molecule has 1 aliphatic heterocycles. The Balaban J connectivity index is 1.61. The summed E-state index contributed by atoms with van der Waals surface area (Å²) in [5.74, 6) is 1.47. The van der Waals surface area contributed by atoms with E-state index >= 15 is 0 Å². The van der Waals surface area contributed by atoms with E-state index < -0.39 is 28.1 Å². The topological polar surface area (TPSA) is 143 Å². The second-order valence-corrected chi connectivity index (χ2v) is 11.9. The first-order chi connectivity index (χ1) is 17.1. The van der Waals surface area contributed by atoms with Gasteiger partial charge in [-0.15, -0.1) is 11.8 Å². The second kappa shape index (κ2) is 13.0. The molecular weight excluding hydrogens is 526 g/mol. The molecule has 0 spiro atoms. The first kappa shape index (κ1) is 27.8. The van der Waals surface area contributed by atoms with E-state index in [1.165, 1.54) is 11.8 Å². The van der Waals surface area contributed by atoms with Crippen LogP contribution in [0.3, 0.4) is 0 Å². The first-order valence-corrected chi connectivity index (χ1v) is 15.3. The van der Waals surface area contributed by atoms with Crippen LogP contribution in [0.1, 0.15) is 24.4 Å². The van der Waals surface area contributed by atoms with Gasteiger partial charge in [0.05, 0.1) is 18.7 Å². The highest BCUT2D eigenvalue weighted by Crippen LogP contribution is 2.34. The molecule has 0 bridgehead atoms. The minimum atomic E-state index is -3.34. The van der Waals surface area contributed by atoms with E-state index in [0.29, 0.717) is 28.5 Å². The minimum absolute atomic E-state index is 0.0992. The van der Waals surface area contributed by atoms with E-state index in [0.717, 1.165) is 23.3 Å². The fourth-order valence-electron chi connectivity index (χ4n) is 3.43. The van der Waals surface area contributed by atoms with Crippen molar-refractivity contribution in [2.24, 2.45) is 0 Å². The Kier molecular flexibility index (Phi) is 10.0. The van der Waals surface area contributed by atoms with Crippen molar-refractivity contribution in [3.63, 3.8) is 0 Å². The van der Waals surface area contributed by atoms with Crippen LogP contribution in [0.5, 0.6) is 11.5 Å². The molecule has 1 aliphatic rings. The summed E-state index contributed by atoms with van der Waals surface area (Å²) in [5, 5.41) is 15.1. The van der Waals surface area contributed by atoms with Gasteiger partial charge in [0.2, 0.25) is 16.8 Å². The number of carboxylic acids is 1. The van der Waals surface area contributed by atoms with Crippen LogP contribution in [0, 0.1) is 0 Å². The summed E-state index contributed by atoms with van der Waals surface area (Å²) in [6.07, 6.45) is 3.52. The van der Waals surface area contributed by atoms with Crippen LogP contribution in [-0.4, -0.2) is 62.4 Å². The average Bonchev–Trinajstić information content (AvgIpc) is 3.28. The molecule has 2 amide bonds. The summed E-state index contributed by atoms with van der Waals surface area (Å²) < 4.78 is 35.8. The molecule has 0 aliphatic carbocycles. The van der Waals surface area contributed by atoms with Crippen molar-refractivity contribution in [2.75, 3.05) is 35.5 Å². The van der Waals surface area contributed by atoms with Gasteiger partial charge in [-0.25, -0.2) is 13.2 Å². The Hall–Kier alpha value is -2.77. The Morgan fingerprint density at radius 1 is 1.08 bits per heavy atom. The van der Waals surface area contributed by atoms with Crippen molar-refractivity contribution >= 4 is 51.2 Å². The average molecular weight is 556 g/mol. The SMILES string of the molecule is CSCC[C@@H](CSc1ccc(NS(C)(=O)=O)cc1)NC(=O)N[C@@H](CC(=O)O)c1ccc2c(c1)OCO2. The van der Waals surface area contributed by atoms with Gasteiger partial charge in [-0.05, 0) is 60.4 Å². The van der Waals surface area contributed by atoms with Crippen LogP contribution < -0.4 is 24.8 Å². The van der Waals surface area contributed by atoms with Crippen molar-refractivity contribution in [3.8, 4) is 11.5 Å². The van der Waals surface area contributed by atoms with Crippen molar-refractivity contribution in [1.82, 2.24) is 10.6 Å². The molecule has 2 aromatic carbocycles. The van der Waals surface area contributed by atoms with Gasteiger partial charge >= 0.3 is 12.0 Å². The second-order valence-electron chi connectivity index (χ2n) is 8.07. The lowest BCUT2D eigenvalue weighted by atomic mass is 10.0. The third-order valence-corrected chi connectivity index (χ3v) is 7.52. The molecule has 2 atom stereocenters. The fourth-order valence-corrected chi connectivity index (χ4v) is 5.49. The number of carboxylic acid groups (broad SMARTS) is 1. The highest BCUT2D eigenvalue weighted by atomic mass is 32.2. The van der Waals surface area contributed by atoms with Crippen LogP contribution in [0.4, 0.5) is 10.5 Å². The maximum atomic E-state index is 12.9. The summed E-state index contributed by atoms with van der Waals surface area (Å²) in [5.41, 5.74) is 1.08. The van der Waals surface area contributed by atoms with E-state index in [2.05, 4.69) is 15.4 Å². The van der Waals surface area contributed by atoms with Crippen molar-refractivity contribution in [3.05, 3.63) is 48.0 Å². The summed E-state index contributed by atoms with van der Waals surface area (Å²) in [6.45, 7) is 0.0992. The quantitative estimate of drug-likeness (QED) is 0.273. The van der Waals surface area contributed by atoms with Gasteiger partial charge < -0.3 is 25.2 Å². The van der Waals surface area contributed by atoms with Crippen molar-refractivity contribution in [1.29, 1.82) is 0 Å². The van der Waals surface area contributed by atoms with Gasteiger partial charge in [0.25, 0.3) is 0 Å². The molecule has 0 saturated carbocycles. The summed E-state index contributed by atoms with van der Waals surface area (Å²) >= 11 is 3.20. The molecule has 0 radical (unpaired) electrons. The van der Waals surface area contributed by atoms with Crippen LogP contribution in [0.25, 0.3) is 0 Å². The number of amides is 2. The van der Waals surface area contributed by atoms with E-state index in [1.54, 1.807) is 42.1 Å². The van der Waals surface area contributed by atoms with Gasteiger partial charge in [-0.2, -0.15) is 11.8 Å². The number of carbonyl (C=O) groups excluding carboxylic acids is 1. The van der Waals surface area contributed by atoms with Crippen molar-refractivity contribution in [2.45, 2.75) is 29.8 Å². The zero-order chi connectivity index (χ0) is 26.1. The number of fused-ring (bicyclic) bond motifs is 1. The number of rotatable bonds is 13. The number of thioether (sulfide) groups is 2. The minimum Gasteiger partial charge on any atom is -0.481 e. The number of anilines is 1. The van der Waals surface area contributed by atoms with Gasteiger partial charge in [0, 0.05) is 22.4 Å². The first-order valence-electron chi connectivity index (χ1n) is 11.0. The number of carbonyl (C=O) groups is 2. The van der Waals surface area contributed by atoms with Crippen LogP contribution in [0.2, 0.25) is 0 Å². The number of urea groups is 1. The van der Waals surface area contributed by atoms with Gasteiger partial charge in [0.1, 0.15) is 0 Å². The molecule has 3 rings (SSSR count). The van der Waals surface area contributed by atoms with Crippen LogP contribution in [0.15, 0.2) is 47.4 Å². The lowest BCUT2D eigenvalue weighted by Crippen LogP contribution is -2.45. The predicted octanol–water partition coefficient (Wildman–Crippen LogP) is 3.52. The van der Waals surface area contributed by atoms with E-state index in [4.69, 9.17) is 9.47 Å². The molecule has 10 nitrogen and oxygen atoms in total. The molecular formula is C23H29N3O7S3. The molecule has 0 aromatic heterocycles. The maximum absolute atomic E-state index is 12.9. The monoisotopic (exact) mass is 555 g/mol. The smallest absolute Gasteiger partial charge is 0.315 e. The van der Waals surface area contributed by atoms with Crippen LogP contribution >= 0.6 is 23.5 Å². The molecule has 1 heterocycles. The number of hydrogen-bond acceptors (Lipinski definition) is 8. The maximum Gasteiger partial charge on any atom is 0.315 e. The number of hydrogen-bond donors (Lipinski definition) is 4. The molecule has 0 unspecified atom stereocenters. The Bertz CT molecular complexity index is 1160. The Morgan fingerprint density at radius 3 is 2.47 bits per heavy atom. The normalized spacial score (nSPS) is 14.1. The number of benzene rings is 2. The standard InChI is InChI=1S/C23H29N3O7S3/c1-34-10-9-17(13-35-18-6-4-16(5-7-18)26-36(2,30)31)24-23(29)25-19(12-22(27)28)15-3-8-20-21(11-15)33-14-32-20/h3-8,11,17,19,26H,9-10,12-14H2,1-2H3,(H,27,28)(H2,24,25,29)/t17-,19-/m0/s1. The number of sulfonamides is 1. The lowest BCUT2D eigenvalue weighted by molar-refractivity contribution is -0.137. The molecule has 2 aromatic rings. The van der Waals surface area contributed by atoms with Gasteiger partial charge in [0.15, 0.2) is 11.5 Å². The number of aliphatic carboxylic acids is 1. The Morgan fingerprint density at radius 2 is 1.81 bits per heavy atom. The molecule has 0 fully saturated rings. The molecule has 0 saturated heterocycles. The summed E-state index contributed by atoms with van der Waals surface area (Å²) in [6, 6.07) is 10.7. The highest BCUT2D eigenvalue weighted by molar-refractivity contribution is 7.99. The highest BCUT2D eigenvalue weighted by Gasteiger charge is 2.23. The third kappa shape index (κ3) is 9.03. The molecule has 13 heteroatoms. The summed E-state index contributed by atoms with van der Waals surface area (Å²) in [7, 11) is -3.34. The van der Waals surface area contributed by atoms with E-state index in [-0.39, 0.29) is 19.3 Å². The van der Waals surface area contributed by atoms with Gasteiger partial charge in [-0.3, -0.25) is 9.52 Å². The van der Waals surface area contributed by atoms with E-state index in [1.807, 2.05) is 18.4 Å². The summed E-state index contributed by atoms with van der Waals surface area (Å²) in [4.78, 5) is 25.2. The van der Waals surface area contributed by atoms with Gasteiger partial charge in [-0.1, -0.05) is 6.07 Å².